The highest BCUT2D eigenvalue weighted by molar-refractivity contribution is 4.83. The Labute approximate surface area is 113 Å². The van der Waals surface area contributed by atoms with Gasteiger partial charge in [0.05, 0.1) is 0 Å². The van der Waals surface area contributed by atoms with E-state index < -0.39 is 0 Å². The zero-order valence-electron chi connectivity index (χ0n) is 12.5. The molecule has 1 aliphatic carbocycles. The van der Waals surface area contributed by atoms with E-state index in [1.54, 1.807) is 0 Å². The molecule has 2 aliphatic rings. The standard InChI is InChI=1S/C15H31N3/c1-16-15-8-4-6-13(15)9-11-17(2)12-14-7-5-10-18(14)3/h13-16H,4-12H2,1-3H3. The SMILES string of the molecule is CNC1CCCC1CCN(C)CC1CCCN1C. The number of hydrogen-bond acceptors (Lipinski definition) is 3. The number of hydrogen-bond donors (Lipinski definition) is 1. The molecule has 0 spiro atoms. The zero-order valence-corrected chi connectivity index (χ0v) is 12.5. The van der Waals surface area contributed by atoms with Crippen molar-refractivity contribution in [2.24, 2.45) is 5.92 Å². The van der Waals surface area contributed by atoms with Crippen LogP contribution in [0.5, 0.6) is 0 Å². The van der Waals surface area contributed by atoms with Crippen LogP contribution >= 0.6 is 0 Å². The molecule has 0 aromatic carbocycles. The van der Waals surface area contributed by atoms with E-state index in [1.165, 1.54) is 58.2 Å². The van der Waals surface area contributed by atoms with Crippen LogP contribution in [0.3, 0.4) is 0 Å². The van der Waals surface area contributed by atoms with Gasteiger partial charge in [0.15, 0.2) is 0 Å². The van der Waals surface area contributed by atoms with Crippen molar-refractivity contribution in [3.63, 3.8) is 0 Å². The summed E-state index contributed by atoms with van der Waals surface area (Å²) in [6, 6.07) is 1.59. The summed E-state index contributed by atoms with van der Waals surface area (Å²) in [5.74, 6) is 0.916. The van der Waals surface area contributed by atoms with E-state index in [4.69, 9.17) is 0 Å². The van der Waals surface area contributed by atoms with E-state index >= 15 is 0 Å². The Morgan fingerprint density at radius 3 is 2.72 bits per heavy atom. The molecule has 18 heavy (non-hydrogen) atoms. The minimum atomic E-state index is 0.785. The van der Waals surface area contributed by atoms with Crippen LogP contribution in [-0.4, -0.2) is 62.7 Å². The first-order valence-corrected chi connectivity index (χ1v) is 7.76. The van der Waals surface area contributed by atoms with Crippen LogP contribution < -0.4 is 5.32 Å². The summed E-state index contributed by atoms with van der Waals surface area (Å²) in [5, 5.41) is 3.49. The van der Waals surface area contributed by atoms with Gasteiger partial charge in [0, 0.05) is 18.6 Å². The highest BCUT2D eigenvalue weighted by atomic mass is 15.2. The molecule has 106 valence electrons. The van der Waals surface area contributed by atoms with E-state index in [0.717, 1.165) is 18.0 Å². The zero-order chi connectivity index (χ0) is 13.0. The molecule has 2 rings (SSSR count). The summed E-state index contributed by atoms with van der Waals surface area (Å²) >= 11 is 0. The molecule has 1 saturated heterocycles. The molecule has 1 saturated carbocycles. The van der Waals surface area contributed by atoms with Crippen molar-refractivity contribution in [2.45, 2.75) is 50.6 Å². The maximum atomic E-state index is 3.49. The van der Waals surface area contributed by atoms with Crippen LogP contribution in [-0.2, 0) is 0 Å². The minimum absolute atomic E-state index is 0.785. The Morgan fingerprint density at radius 2 is 2.06 bits per heavy atom. The molecule has 0 amide bonds. The predicted molar refractivity (Wildman–Crippen MR) is 78.0 cm³/mol. The van der Waals surface area contributed by atoms with Gasteiger partial charge < -0.3 is 15.1 Å². The van der Waals surface area contributed by atoms with E-state index in [0.29, 0.717) is 0 Å². The average Bonchev–Trinajstić information content (AvgIpc) is 2.96. The lowest BCUT2D eigenvalue weighted by atomic mass is 9.99. The second-order valence-electron chi connectivity index (χ2n) is 6.41. The topological polar surface area (TPSA) is 18.5 Å². The van der Waals surface area contributed by atoms with Gasteiger partial charge >= 0.3 is 0 Å². The fourth-order valence-corrected chi connectivity index (χ4v) is 3.81. The molecule has 3 atom stereocenters. The second kappa shape index (κ2) is 6.88. The molecule has 0 aromatic heterocycles. The molecule has 1 N–H and O–H groups in total. The Bertz CT molecular complexity index is 244. The lowest BCUT2D eigenvalue weighted by Crippen LogP contribution is -2.38. The monoisotopic (exact) mass is 253 g/mol. The molecule has 0 radical (unpaired) electrons. The van der Waals surface area contributed by atoms with Crippen molar-refractivity contribution in [1.29, 1.82) is 0 Å². The van der Waals surface area contributed by atoms with Crippen LogP contribution in [0.4, 0.5) is 0 Å². The molecule has 3 nitrogen and oxygen atoms in total. The third-order valence-electron chi connectivity index (χ3n) is 5.11. The summed E-state index contributed by atoms with van der Waals surface area (Å²) in [4.78, 5) is 5.08. The van der Waals surface area contributed by atoms with Crippen molar-refractivity contribution in [3.8, 4) is 0 Å². The predicted octanol–water partition coefficient (Wildman–Crippen LogP) is 1.79. The fraction of sp³-hybridized carbons (Fsp3) is 1.00. The van der Waals surface area contributed by atoms with E-state index in [1.807, 2.05) is 0 Å². The Kier molecular flexibility index (Phi) is 5.46. The van der Waals surface area contributed by atoms with E-state index in [-0.39, 0.29) is 0 Å². The maximum absolute atomic E-state index is 3.49. The minimum Gasteiger partial charge on any atom is -0.317 e. The molecule has 3 unspecified atom stereocenters. The van der Waals surface area contributed by atoms with Crippen molar-refractivity contribution >= 4 is 0 Å². The van der Waals surface area contributed by atoms with Crippen molar-refractivity contribution in [1.82, 2.24) is 15.1 Å². The third kappa shape index (κ3) is 3.69. The smallest absolute Gasteiger partial charge is 0.0220 e. The van der Waals surface area contributed by atoms with Gasteiger partial charge in [-0.15, -0.1) is 0 Å². The molecule has 2 fully saturated rings. The summed E-state index contributed by atoms with van der Waals surface area (Å²) in [7, 11) is 6.70. The highest BCUT2D eigenvalue weighted by Gasteiger charge is 2.26. The van der Waals surface area contributed by atoms with Gasteiger partial charge in [-0.25, -0.2) is 0 Å². The average molecular weight is 253 g/mol. The van der Waals surface area contributed by atoms with Crippen LogP contribution in [0, 0.1) is 5.92 Å². The number of nitrogens with zero attached hydrogens (tertiary/aromatic N) is 2. The Balaban J connectivity index is 1.66. The van der Waals surface area contributed by atoms with Gasteiger partial charge in [-0.05, 0) is 72.3 Å². The molecule has 1 heterocycles. The van der Waals surface area contributed by atoms with Crippen molar-refractivity contribution in [2.75, 3.05) is 40.8 Å². The quantitative estimate of drug-likeness (QED) is 0.778. The molecular weight excluding hydrogens is 222 g/mol. The molecule has 1 aliphatic heterocycles. The summed E-state index contributed by atoms with van der Waals surface area (Å²) in [6.45, 7) is 3.82. The van der Waals surface area contributed by atoms with Crippen LogP contribution in [0.1, 0.15) is 38.5 Å². The Hall–Kier alpha value is -0.120. The number of likely N-dealkylation sites (N-methyl/N-ethyl adjacent to an activating group) is 2. The maximum Gasteiger partial charge on any atom is 0.0220 e. The van der Waals surface area contributed by atoms with Gasteiger partial charge in [-0.1, -0.05) is 6.42 Å². The first kappa shape index (κ1) is 14.3. The molecular formula is C15H31N3. The van der Waals surface area contributed by atoms with Crippen molar-refractivity contribution in [3.05, 3.63) is 0 Å². The molecule has 0 aromatic rings. The molecule has 3 heteroatoms. The lowest BCUT2D eigenvalue weighted by Gasteiger charge is -2.27. The summed E-state index contributed by atoms with van der Waals surface area (Å²) in [6.07, 6.45) is 8.39. The normalized spacial score (nSPS) is 33.7. The Morgan fingerprint density at radius 1 is 1.22 bits per heavy atom. The van der Waals surface area contributed by atoms with E-state index in [2.05, 4.69) is 36.3 Å². The second-order valence-corrected chi connectivity index (χ2v) is 6.41. The van der Waals surface area contributed by atoms with Gasteiger partial charge in [-0.2, -0.15) is 0 Å². The van der Waals surface area contributed by atoms with Crippen LogP contribution in [0.15, 0.2) is 0 Å². The third-order valence-corrected chi connectivity index (χ3v) is 5.11. The van der Waals surface area contributed by atoms with Gasteiger partial charge in [-0.3, -0.25) is 0 Å². The summed E-state index contributed by atoms with van der Waals surface area (Å²) < 4.78 is 0. The van der Waals surface area contributed by atoms with Gasteiger partial charge in [0.1, 0.15) is 0 Å². The van der Waals surface area contributed by atoms with Gasteiger partial charge in [0.2, 0.25) is 0 Å². The molecule has 0 bridgehead atoms. The largest absolute Gasteiger partial charge is 0.317 e. The number of likely N-dealkylation sites (tertiary alicyclic amines) is 1. The van der Waals surface area contributed by atoms with Gasteiger partial charge in [0.25, 0.3) is 0 Å². The first-order chi connectivity index (χ1) is 8.70. The number of rotatable bonds is 6. The highest BCUT2D eigenvalue weighted by Crippen LogP contribution is 2.28. The summed E-state index contributed by atoms with van der Waals surface area (Å²) in [5.41, 5.74) is 0. The van der Waals surface area contributed by atoms with Crippen LogP contribution in [0.2, 0.25) is 0 Å². The fourth-order valence-electron chi connectivity index (χ4n) is 3.81. The first-order valence-electron chi connectivity index (χ1n) is 7.76. The number of nitrogens with one attached hydrogen (secondary N) is 1. The lowest BCUT2D eigenvalue weighted by molar-refractivity contribution is 0.207. The van der Waals surface area contributed by atoms with Crippen LogP contribution in [0.25, 0.3) is 0 Å². The van der Waals surface area contributed by atoms with E-state index in [9.17, 15) is 0 Å². The van der Waals surface area contributed by atoms with Crippen molar-refractivity contribution < 1.29 is 0 Å².